The second kappa shape index (κ2) is 8.76. The Bertz CT molecular complexity index is 740. The number of carbonyl (C=O) groups excluding carboxylic acids is 3. The van der Waals surface area contributed by atoms with Gasteiger partial charge in [0.2, 0.25) is 5.91 Å². The second-order valence-corrected chi connectivity index (χ2v) is 7.83. The Morgan fingerprint density at radius 1 is 1.14 bits per heavy atom. The van der Waals surface area contributed by atoms with Crippen LogP contribution in [-0.4, -0.2) is 47.3 Å². The molecule has 6 nitrogen and oxygen atoms in total. The second-order valence-electron chi connectivity index (χ2n) is 7.83. The van der Waals surface area contributed by atoms with Gasteiger partial charge in [-0.3, -0.25) is 14.5 Å². The molecule has 1 fully saturated rings. The number of carbonyl (C=O) groups is 3. The van der Waals surface area contributed by atoms with Crippen LogP contribution in [0.5, 0.6) is 0 Å². The van der Waals surface area contributed by atoms with Gasteiger partial charge >= 0.3 is 6.03 Å². The molecular weight excluding hydrogens is 354 g/mol. The third-order valence-electron chi connectivity index (χ3n) is 5.86. The molecule has 1 aliphatic heterocycles. The average molecular weight is 386 g/mol. The Morgan fingerprint density at radius 3 is 2.50 bits per heavy atom. The number of imide groups is 1. The molecule has 1 aromatic carbocycles. The standard InChI is InChI=1S/C22H31N3O3/c1-3-5-14-24(15-6-4-2)19(26)16-25-20(27)22(23-21(25)28)13-9-11-17-10-7-8-12-18(17)22/h7-8,10,12H,3-6,9,11,13-16H2,1-2H3,(H,23,28)/t22-/m0/s1. The molecule has 1 N–H and O–H groups in total. The van der Waals surface area contributed by atoms with Crippen LogP contribution in [-0.2, 0) is 21.5 Å². The van der Waals surface area contributed by atoms with Gasteiger partial charge in [0.15, 0.2) is 0 Å². The van der Waals surface area contributed by atoms with E-state index in [1.807, 2.05) is 24.3 Å². The molecule has 1 heterocycles. The van der Waals surface area contributed by atoms with Crippen LogP contribution in [0.4, 0.5) is 4.79 Å². The number of benzene rings is 1. The molecule has 4 amide bonds. The number of nitrogens with one attached hydrogen (secondary N) is 1. The van der Waals surface area contributed by atoms with Gasteiger partial charge in [-0.2, -0.15) is 0 Å². The third kappa shape index (κ3) is 3.77. The lowest BCUT2D eigenvalue weighted by molar-refractivity contribution is -0.139. The molecule has 1 atom stereocenters. The maximum Gasteiger partial charge on any atom is 0.325 e. The first-order chi connectivity index (χ1) is 13.5. The smallest absolute Gasteiger partial charge is 0.325 e. The van der Waals surface area contributed by atoms with E-state index in [9.17, 15) is 14.4 Å². The summed E-state index contributed by atoms with van der Waals surface area (Å²) in [6, 6.07) is 7.34. The predicted molar refractivity (Wildman–Crippen MR) is 108 cm³/mol. The lowest BCUT2D eigenvalue weighted by Gasteiger charge is -2.33. The van der Waals surface area contributed by atoms with Crippen LogP contribution in [0.2, 0.25) is 0 Å². The van der Waals surface area contributed by atoms with E-state index in [1.54, 1.807) is 4.90 Å². The Balaban J connectivity index is 1.78. The molecule has 1 saturated heterocycles. The van der Waals surface area contributed by atoms with Gasteiger partial charge < -0.3 is 10.2 Å². The maximum absolute atomic E-state index is 13.3. The van der Waals surface area contributed by atoms with Crippen molar-refractivity contribution in [2.45, 2.75) is 64.3 Å². The summed E-state index contributed by atoms with van der Waals surface area (Å²) in [5.41, 5.74) is 0.968. The van der Waals surface area contributed by atoms with Gasteiger partial charge in [-0.25, -0.2) is 4.79 Å². The summed E-state index contributed by atoms with van der Waals surface area (Å²) in [5.74, 6) is -0.435. The van der Waals surface area contributed by atoms with Crippen LogP contribution in [0.25, 0.3) is 0 Å². The number of rotatable bonds is 8. The molecule has 0 saturated carbocycles. The zero-order valence-corrected chi connectivity index (χ0v) is 17.0. The summed E-state index contributed by atoms with van der Waals surface area (Å²) in [4.78, 5) is 41.8. The van der Waals surface area contributed by atoms with Gasteiger partial charge in [-0.15, -0.1) is 0 Å². The predicted octanol–water partition coefficient (Wildman–Crippen LogP) is 3.20. The van der Waals surface area contributed by atoms with E-state index in [-0.39, 0.29) is 18.4 Å². The highest BCUT2D eigenvalue weighted by atomic mass is 16.2. The van der Waals surface area contributed by atoms with E-state index in [1.165, 1.54) is 0 Å². The SMILES string of the molecule is CCCCN(CCCC)C(=O)CN1C(=O)N[C@]2(CCCc3ccccc32)C1=O. The van der Waals surface area contributed by atoms with E-state index in [0.29, 0.717) is 19.5 Å². The zero-order valence-electron chi connectivity index (χ0n) is 17.0. The first-order valence-electron chi connectivity index (χ1n) is 10.5. The molecule has 1 aliphatic carbocycles. The van der Waals surface area contributed by atoms with Gasteiger partial charge in [0, 0.05) is 13.1 Å². The molecule has 0 bridgehead atoms. The molecule has 0 radical (unpaired) electrons. The summed E-state index contributed by atoms with van der Waals surface area (Å²) in [6.07, 6.45) is 6.16. The molecule has 0 aromatic heterocycles. The summed E-state index contributed by atoms with van der Waals surface area (Å²) >= 11 is 0. The summed E-state index contributed by atoms with van der Waals surface area (Å²) in [5, 5.41) is 2.92. The Kier molecular flexibility index (Phi) is 6.37. The van der Waals surface area contributed by atoms with E-state index < -0.39 is 11.6 Å². The first kappa shape index (κ1) is 20.4. The van der Waals surface area contributed by atoms with Gasteiger partial charge in [-0.05, 0) is 43.2 Å². The summed E-state index contributed by atoms with van der Waals surface area (Å²) < 4.78 is 0. The quantitative estimate of drug-likeness (QED) is 0.699. The zero-order chi connectivity index (χ0) is 20.1. The van der Waals surface area contributed by atoms with E-state index in [4.69, 9.17) is 0 Å². The first-order valence-corrected chi connectivity index (χ1v) is 10.5. The van der Waals surface area contributed by atoms with Crippen molar-refractivity contribution in [1.29, 1.82) is 0 Å². The highest BCUT2D eigenvalue weighted by Gasteiger charge is 2.54. The number of amides is 4. The molecule has 3 rings (SSSR count). The van der Waals surface area contributed by atoms with Crippen molar-refractivity contribution < 1.29 is 14.4 Å². The normalized spacial score (nSPS) is 21.0. The van der Waals surface area contributed by atoms with E-state index >= 15 is 0 Å². The lowest BCUT2D eigenvalue weighted by atomic mass is 9.76. The van der Waals surface area contributed by atoms with Gasteiger partial charge in [0.25, 0.3) is 5.91 Å². The van der Waals surface area contributed by atoms with Gasteiger partial charge in [0.05, 0.1) is 0 Å². The van der Waals surface area contributed by atoms with Crippen LogP contribution in [0.3, 0.4) is 0 Å². The van der Waals surface area contributed by atoms with Crippen molar-refractivity contribution in [3.8, 4) is 0 Å². The lowest BCUT2D eigenvalue weighted by Crippen LogP contribution is -2.47. The molecule has 2 aliphatic rings. The average Bonchev–Trinajstić information content (AvgIpc) is 2.93. The van der Waals surface area contributed by atoms with Crippen LogP contribution >= 0.6 is 0 Å². The molecule has 28 heavy (non-hydrogen) atoms. The number of fused-ring (bicyclic) bond motifs is 2. The summed E-state index contributed by atoms with van der Waals surface area (Å²) in [7, 11) is 0. The van der Waals surface area contributed by atoms with Crippen molar-refractivity contribution in [2.24, 2.45) is 0 Å². The van der Waals surface area contributed by atoms with Gasteiger partial charge in [-0.1, -0.05) is 51.0 Å². The number of unbranched alkanes of at least 4 members (excludes halogenated alkanes) is 2. The van der Waals surface area contributed by atoms with Crippen LogP contribution in [0.15, 0.2) is 24.3 Å². The number of hydrogen-bond acceptors (Lipinski definition) is 3. The van der Waals surface area contributed by atoms with Crippen LogP contribution < -0.4 is 5.32 Å². The number of urea groups is 1. The highest BCUT2D eigenvalue weighted by molar-refractivity contribution is 6.09. The molecule has 0 unspecified atom stereocenters. The fourth-order valence-electron chi connectivity index (χ4n) is 4.25. The molecule has 152 valence electrons. The largest absolute Gasteiger partial charge is 0.341 e. The fraction of sp³-hybridized carbons (Fsp3) is 0.591. The number of hydrogen-bond donors (Lipinski definition) is 1. The maximum atomic E-state index is 13.3. The highest BCUT2D eigenvalue weighted by Crippen LogP contribution is 2.39. The van der Waals surface area contributed by atoms with Crippen LogP contribution in [0, 0.1) is 0 Å². The molecular formula is C22H31N3O3. The minimum absolute atomic E-state index is 0.147. The van der Waals surface area contributed by atoms with Crippen molar-refractivity contribution in [3.05, 3.63) is 35.4 Å². The molecule has 1 aromatic rings. The minimum atomic E-state index is -1.01. The third-order valence-corrected chi connectivity index (χ3v) is 5.86. The monoisotopic (exact) mass is 385 g/mol. The van der Waals surface area contributed by atoms with E-state index in [0.717, 1.165) is 54.6 Å². The summed E-state index contributed by atoms with van der Waals surface area (Å²) in [6.45, 7) is 5.34. The van der Waals surface area contributed by atoms with Crippen LogP contribution in [0.1, 0.15) is 63.5 Å². The Labute approximate surface area is 167 Å². The Hall–Kier alpha value is -2.37. The number of nitrogens with zero attached hydrogens (tertiary/aromatic N) is 2. The number of aryl methyl sites for hydroxylation is 1. The van der Waals surface area contributed by atoms with Crippen molar-refractivity contribution in [2.75, 3.05) is 19.6 Å². The van der Waals surface area contributed by atoms with Crippen molar-refractivity contribution in [1.82, 2.24) is 15.1 Å². The van der Waals surface area contributed by atoms with Crippen molar-refractivity contribution in [3.63, 3.8) is 0 Å². The molecule has 6 heteroatoms. The topological polar surface area (TPSA) is 69.7 Å². The van der Waals surface area contributed by atoms with Crippen molar-refractivity contribution >= 4 is 17.8 Å². The minimum Gasteiger partial charge on any atom is -0.341 e. The van der Waals surface area contributed by atoms with E-state index in [2.05, 4.69) is 19.2 Å². The molecule has 1 spiro atoms. The van der Waals surface area contributed by atoms with Gasteiger partial charge in [0.1, 0.15) is 12.1 Å². The fourth-order valence-corrected chi connectivity index (χ4v) is 4.25. The Morgan fingerprint density at radius 2 is 1.82 bits per heavy atom.